The van der Waals surface area contributed by atoms with Gasteiger partial charge in [0, 0.05) is 0 Å². The Kier molecular flexibility index (Phi) is 6.42. The lowest BCUT2D eigenvalue weighted by Crippen LogP contribution is -2.59. The molecule has 4 aliphatic rings. The third-order valence-corrected chi connectivity index (χ3v) is 10.9. The highest BCUT2D eigenvalue weighted by Crippen LogP contribution is 2.69. The first kappa shape index (κ1) is 25.6. The molecule has 4 fully saturated rings. The van der Waals surface area contributed by atoms with Gasteiger partial charge < -0.3 is 10.2 Å². The van der Waals surface area contributed by atoms with Gasteiger partial charge in [-0.25, -0.2) is 0 Å². The lowest BCUT2D eigenvalue weighted by Gasteiger charge is -2.62. The highest BCUT2D eigenvalue weighted by Gasteiger charge is 2.64. The van der Waals surface area contributed by atoms with Crippen molar-refractivity contribution in [2.45, 2.75) is 115 Å². The average molecular weight is 485 g/mol. The third-order valence-electron chi connectivity index (χ3n) is 10.9. The molecule has 192 valence electrons. The van der Waals surface area contributed by atoms with Crippen LogP contribution in [0, 0.1) is 40.4 Å². The lowest BCUT2D eigenvalue weighted by molar-refractivity contribution is -0.290. The molecule has 0 spiro atoms. The van der Waals surface area contributed by atoms with Gasteiger partial charge in [0.15, 0.2) is 5.60 Å². The zero-order valence-electron chi connectivity index (χ0n) is 19.6. The quantitative estimate of drug-likeness (QED) is 0.421. The molecule has 8 heteroatoms. The van der Waals surface area contributed by atoms with E-state index in [1.165, 1.54) is 0 Å². The van der Waals surface area contributed by atoms with Gasteiger partial charge in [-0.2, -0.15) is 26.3 Å². The molecule has 0 amide bonds. The Labute approximate surface area is 192 Å². The molecular weight excluding hydrogens is 446 g/mol. The number of fused-ring (bicyclic) bond motifs is 5. The fraction of sp³-hybridized carbons (Fsp3) is 1.00. The molecule has 9 atom stereocenters. The number of halogens is 6. The summed E-state index contributed by atoms with van der Waals surface area (Å²) in [6, 6.07) is 0. The maximum atomic E-state index is 13.5. The highest BCUT2D eigenvalue weighted by atomic mass is 19.4. The van der Waals surface area contributed by atoms with Crippen molar-refractivity contribution >= 4 is 0 Å². The number of alkyl halides is 6. The van der Waals surface area contributed by atoms with Gasteiger partial charge in [-0.1, -0.05) is 20.3 Å². The SMILES string of the molecule is C[C@]12CC[C@@](O)(C(F)(F)F)C[C@@H]1CC[C@@H]1[C@@H]2CC[C@]2(C)[C@@H](CCCC(O)C(F)(F)F)CC[C@@H]12. The van der Waals surface area contributed by atoms with Gasteiger partial charge in [-0.05, 0) is 111 Å². The molecule has 0 heterocycles. The first-order chi connectivity index (χ1) is 15.1. The van der Waals surface area contributed by atoms with E-state index >= 15 is 0 Å². The standard InChI is InChI=1S/C25H38F6O2/c1-21-11-10-19-17(18(21)9-7-15(21)4-3-5-20(32)24(26,27)28)8-6-16-14-23(33,25(29,30)31)13-12-22(16,19)2/h15-20,32-33H,3-14H2,1-2H3/t15-,16-,17-,18-,19-,20?,21+,22-,23-/m0/s1. The van der Waals surface area contributed by atoms with Crippen molar-refractivity contribution in [2.75, 3.05) is 0 Å². The van der Waals surface area contributed by atoms with Crippen LogP contribution in [-0.2, 0) is 0 Å². The van der Waals surface area contributed by atoms with Gasteiger partial charge in [0.1, 0.15) is 6.10 Å². The van der Waals surface area contributed by atoms with Crippen molar-refractivity contribution in [3.8, 4) is 0 Å². The van der Waals surface area contributed by atoms with E-state index in [1.54, 1.807) is 0 Å². The van der Waals surface area contributed by atoms with E-state index in [0.717, 1.165) is 32.1 Å². The first-order valence-corrected chi connectivity index (χ1v) is 12.7. The van der Waals surface area contributed by atoms with E-state index < -0.39 is 24.1 Å². The van der Waals surface area contributed by atoms with Crippen LogP contribution in [-0.4, -0.2) is 34.3 Å². The summed E-state index contributed by atoms with van der Waals surface area (Å²) in [6.07, 6.45) is -5.08. The number of hydrogen-bond acceptors (Lipinski definition) is 2. The van der Waals surface area contributed by atoms with Gasteiger partial charge in [0.05, 0.1) is 0 Å². The predicted molar refractivity (Wildman–Crippen MR) is 112 cm³/mol. The summed E-state index contributed by atoms with van der Waals surface area (Å²) in [5, 5.41) is 19.7. The van der Waals surface area contributed by atoms with Crippen LogP contribution in [0.2, 0.25) is 0 Å². The Morgan fingerprint density at radius 2 is 1.52 bits per heavy atom. The molecular formula is C25H38F6O2. The van der Waals surface area contributed by atoms with Gasteiger partial charge in [0.25, 0.3) is 0 Å². The molecule has 0 bridgehead atoms. The molecule has 4 saturated carbocycles. The molecule has 0 radical (unpaired) electrons. The van der Waals surface area contributed by atoms with Crippen LogP contribution in [0.5, 0.6) is 0 Å². The molecule has 2 nitrogen and oxygen atoms in total. The second-order valence-electron chi connectivity index (χ2n) is 12.2. The molecule has 33 heavy (non-hydrogen) atoms. The summed E-state index contributed by atoms with van der Waals surface area (Å²) in [4.78, 5) is 0. The predicted octanol–water partition coefficient (Wildman–Crippen LogP) is 7.03. The highest BCUT2D eigenvalue weighted by molar-refractivity contribution is 5.11. The first-order valence-electron chi connectivity index (χ1n) is 12.7. The minimum atomic E-state index is -4.59. The molecule has 0 aliphatic heterocycles. The monoisotopic (exact) mass is 484 g/mol. The van der Waals surface area contributed by atoms with Crippen LogP contribution in [0.25, 0.3) is 0 Å². The zero-order chi connectivity index (χ0) is 24.4. The van der Waals surface area contributed by atoms with Gasteiger partial charge in [-0.3, -0.25) is 0 Å². The van der Waals surface area contributed by atoms with Crippen LogP contribution >= 0.6 is 0 Å². The van der Waals surface area contributed by atoms with Crippen LogP contribution in [0.15, 0.2) is 0 Å². The summed E-state index contributed by atoms with van der Waals surface area (Å²) < 4.78 is 78.4. The number of aliphatic hydroxyl groups is 2. The van der Waals surface area contributed by atoms with Crippen LogP contribution in [0.1, 0.15) is 90.9 Å². The van der Waals surface area contributed by atoms with E-state index in [9.17, 15) is 36.6 Å². The molecule has 0 aromatic heterocycles. The number of rotatable bonds is 4. The van der Waals surface area contributed by atoms with E-state index in [2.05, 4.69) is 13.8 Å². The van der Waals surface area contributed by atoms with E-state index in [0.29, 0.717) is 49.4 Å². The van der Waals surface area contributed by atoms with Gasteiger partial charge >= 0.3 is 12.4 Å². The largest absolute Gasteiger partial charge is 0.417 e. The van der Waals surface area contributed by atoms with Crippen molar-refractivity contribution in [2.24, 2.45) is 40.4 Å². The molecule has 0 aromatic rings. The summed E-state index contributed by atoms with van der Waals surface area (Å²) in [5.74, 6) is 1.50. The fourth-order valence-corrected chi connectivity index (χ4v) is 8.81. The van der Waals surface area contributed by atoms with Crippen molar-refractivity contribution in [1.29, 1.82) is 0 Å². The molecule has 4 aliphatic carbocycles. The zero-order valence-corrected chi connectivity index (χ0v) is 19.6. The molecule has 2 N–H and O–H groups in total. The second kappa shape index (κ2) is 8.28. The average Bonchev–Trinajstić information content (AvgIpc) is 3.03. The number of aliphatic hydroxyl groups excluding tert-OH is 1. The molecule has 4 rings (SSSR count). The molecule has 1 unspecified atom stereocenters. The topological polar surface area (TPSA) is 40.5 Å². The Bertz CT molecular complexity index is 723. The summed E-state index contributed by atoms with van der Waals surface area (Å²) in [5.41, 5.74) is -2.68. The van der Waals surface area contributed by atoms with Gasteiger partial charge in [0.2, 0.25) is 0 Å². The van der Waals surface area contributed by atoms with Crippen molar-refractivity contribution < 1.29 is 36.6 Å². The van der Waals surface area contributed by atoms with E-state index in [4.69, 9.17) is 0 Å². The van der Waals surface area contributed by atoms with Crippen LogP contribution in [0.4, 0.5) is 26.3 Å². The van der Waals surface area contributed by atoms with E-state index in [1.807, 2.05) is 0 Å². The maximum absolute atomic E-state index is 13.5. The second-order valence-corrected chi connectivity index (χ2v) is 12.2. The Balaban J connectivity index is 1.43. The van der Waals surface area contributed by atoms with Crippen molar-refractivity contribution in [3.63, 3.8) is 0 Å². The Hall–Kier alpha value is -0.500. The fourth-order valence-electron chi connectivity index (χ4n) is 8.81. The third kappa shape index (κ3) is 4.23. The molecule has 0 aromatic carbocycles. The summed E-state index contributed by atoms with van der Waals surface area (Å²) >= 11 is 0. The lowest BCUT2D eigenvalue weighted by atomic mass is 9.43. The summed E-state index contributed by atoms with van der Waals surface area (Å²) in [6.45, 7) is 4.43. The van der Waals surface area contributed by atoms with Crippen molar-refractivity contribution in [3.05, 3.63) is 0 Å². The van der Waals surface area contributed by atoms with Crippen molar-refractivity contribution in [1.82, 2.24) is 0 Å². The van der Waals surface area contributed by atoms with E-state index in [-0.39, 0.29) is 36.0 Å². The minimum Gasteiger partial charge on any atom is -0.384 e. The van der Waals surface area contributed by atoms with Crippen LogP contribution in [0.3, 0.4) is 0 Å². The Morgan fingerprint density at radius 1 is 0.848 bits per heavy atom. The Morgan fingerprint density at radius 3 is 2.15 bits per heavy atom. The van der Waals surface area contributed by atoms with Gasteiger partial charge in [-0.15, -0.1) is 0 Å². The minimum absolute atomic E-state index is 0.0644. The normalized spacial score (nSPS) is 46.9. The van der Waals surface area contributed by atoms with Crippen LogP contribution < -0.4 is 0 Å². The smallest absolute Gasteiger partial charge is 0.384 e. The number of hydrogen-bond donors (Lipinski definition) is 2. The summed E-state index contributed by atoms with van der Waals surface area (Å²) in [7, 11) is 0. The maximum Gasteiger partial charge on any atom is 0.417 e. The molecule has 0 saturated heterocycles.